The average Bonchev–Trinajstić information content (AvgIpc) is 3.17. The molecular formula is C49H87NO7. The van der Waals surface area contributed by atoms with Crippen LogP contribution in [-0.2, 0) is 28.6 Å². The van der Waals surface area contributed by atoms with Gasteiger partial charge in [-0.25, -0.2) is 0 Å². The highest BCUT2D eigenvalue weighted by Crippen LogP contribution is 2.15. The van der Waals surface area contributed by atoms with Crippen LogP contribution in [-0.4, -0.2) is 75.5 Å². The van der Waals surface area contributed by atoms with E-state index in [9.17, 15) is 19.5 Å². The maximum Gasteiger partial charge on any atom is 0.306 e. The van der Waals surface area contributed by atoms with Crippen molar-refractivity contribution in [3.63, 3.8) is 0 Å². The molecule has 0 fully saturated rings. The molecule has 0 rings (SSSR count). The van der Waals surface area contributed by atoms with Crippen molar-refractivity contribution in [3.8, 4) is 0 Å². The van der Waals surface area contributed by atoms with E-state index in [2.05, 4.69) is 62.5 Å². The molecule has 0 spiro atoms. The number of allylic oxidation sites excluding steroid dienone is 8. The molecule has 0 aliphatic heterocycles. The lowest BCUT2D eigenvalue weighted by atomic mass is 10.0. The minimum Gasteiger partial charge on any atom is -0.544 e. The first kappa shape index (κ1) is 54.3. The zero-order valence-corrected chi connectivity index (χ0v) is 37.5. The molecule has 0 saturated heterocycles. The number of rotatable bonds is 41. The summed E-state index contributed by atoms with van der Waals surface area (Å²) in [6, 6.07) is -0.731. The lowest BCUT2D eigenvalue weighted by Crippen LogP contribution is -2.55. The van der Waals surface area contributed by atoms with E-state index in [0.29, 0.717) is 6.42 Å². The van der Waals surface area contributed by atoms with Gasteiger partial charge in [-0.05, 0) is 51.4 Å². The predicted molar refractivity (Wildman–Crippen MR) is 236 cm³/mol. The number of hydrogen-bond donors (Lipinski definition) is 0. The monoisotopic (exact) mass is 802 g/mol. The van der Waals surface area contributed by atoms with E-state index in [4.69, 9.17) is 14.2 Å². The topological polar surface area (TPSA) is 102 Å². The van der Waals surface area contributed by atoms with Gasteiger partial charge in [0.25, 0.3) is 0 Å². The lowest BCUT2D eigenvalue weighted by Gasteiger charge is -2.34. The smallest absolute Gasteiger partial charge is 0.306 e. The molecule has 57 heavy (non-hydrogen) atoms. The van der Waals surface area contributed by atoms with Crippen LogP contribution in [0.4, 0.5) is 0 Å². The summed E-state index contributed by atoms with van der Waals surface area (Å²) < 4.78 is 17.2. The molecule has 8 nitrogen and oxygen atoms in total. The van der Waals surface area contributed by atoms with Gasteiger partial charge < -0.3 is 28.6 Å². The van der Waals surface area contributed by atoms with Crippen molar-refractivity contribution in [1.29, 1.82) is 0 Å². The van der Waals surface area contributed by atoms with Gasteiger partial charge in [0, 0.05) is 19.3 Å². The van der Waals surface area contributed by atoms with Crippen LogP contribution in [0.1, 0.15) is 194 Å². The predicted octanol–water partition coefficient (Wildman–Crippen LogP) is 11.5. The van der Waals surface area contributed by atoms with Crippen molar-refractivity contribution in [2.75, 3.05) is 41.0 Å². The summed E-state index contributed by atoms with van der Waals surface area (Å²) in [5.74, 6) is -1.77. The van der Waals surface area contributed by atoms with Crippen LogP contribution in [0.2, 0.25) is 0 Å². The largest absolute Gasteiger partial charge is 0.544 e. The van der Waals surface area contributed by atoms with Gasteiger partial charge in [0.2, 0.25) is 0 Å². The Morgan fingerprint density at radius 3 is 1.46 bits per heavy atom. The van der Waals surface area contributed by atoms with Crippen LogP contribution >= 0.6 is 0 Å². The number of esters is 2. The minimum absolute atomic E-state index is 0.0287. The molecular weight excluding hydrogens is 715 g/mol. The number of carboxylic acid groups (broad SMARTS) is 1. The molecule has 0 aromatic carbocycles. The van der Waals surface area contributed by atoms with Crippen molar-refractivity contribution in [3.05, 3.63) is 48.6 Å². The van der Waals surface area contributed by atoms with Crippen LogP contribution in [0.5, 0.6) is 0 Å². The third kappa shape index (κ3) is 38.6. The van der Waals surface area contributed by atoms with Gasteiger partial charge in [-0.3, -0.25) is 9.59 Å². The number of likely N-dealkylation sites (N-methyl/N-ethyl adjacent to an activating group) is 1. The number of nitrogens with zero attached hydrogens (tertiary/aromatic N) is 1. The molecule has 0 N–H and O–H groups in total. The third-order valence-electron chi connectivity index (χ3n) is 10.2. The Labute approximate surface area is 350 Å². The summed E-state index contributed by atoms with van der Waals surface area (Å²) in [7, 11) is 5.40. The Balaban J connectivity index is 4.35. The van der Waals surface area contributed by atoms with Crippen molar-refractivity contribution < 1.29 is 38.2 Å². The zero-order chi connectivity index (χ0) is 42.1. The highest BCUT2D eigenvalue weighted by Gasteiger charge is 2.25. The van der Waals surface area contributed by atoms with Crippen molar-refractivity contribution in [1.82, 2.24) is 0 Å². The lowest BCUT2D eigenvalue weighted by molar-refractivity contribution is -0.889. The average molecular weight is 802 g/mol. The van der Waals surface area contributed by atoms with Crippen molar-refractivity contribution >= 4 is 17.9 Å². The fraction of sp³-hybridized carbons (Fsp3) is 0.776. The molecule has 0 amide bonds. The second kappa shape index (κ2) is 40.1. The summed E-state index contributed by atoms with van der Waals surface area (Å²) in [6.07, 6.45) is 47.1. The SMILES string of the molecule is CC/C=C/C/C=C/C/C=C/C/C=C/CCCCCC(=O)OC(COCCC(C(=O)[O-])[N+](C)(C)C)COC(=O)CCCCCCCCCCCCCCCCCCC. The molecule has 0 heterocycles. The van der Waals surface area contributed by atoms with E-state index in [1.54, 1.807) is 21.1 Å². The van der Waals surface area contributed by atoms with Gasteiger partial charge >= 0.3 is 11.9 Å². The number of carbonyl (C=O) groups is 3. The van der Waals surface area contributed by atoms with Crippen molar-refractivity contribution in [2.45, 2.75) is 206 Å². The fourth-order valence-electron chi connectivity index (χ4n) is 6.65. The Morgan fingerprint density at radius 2 is 0.982 bits per heavy atom. The first-order valence-electron chi connectivity index (χ1n) is 23.2. The van der Waals surface area contributed by atoms with E-state index < -0.39 is 18.1 Å². The first-order chi connectivity index (χ1) is 27.6. The first-order valence-corrected chi connectivity index (χ1v) is 23.2. The molecule has 2 atom stereocenters. The van der Waals surface area contributed by atoms with E-state index in [1.165, 1.54) is 89.9 Å². The summed E-state index contributed by atoms with van der Waals surface area (Å²) >= 11 is 0. The highest BCUT2D eigenvalue weighted by atomic mass is 16.6. The van der Waals surface area contributed by atoms with Gasteiger partial charge in [0.05, 0.1) is 40.3 Å². The van der Waals surface area contributed by atoms with E-state index in [-0.39, 0.29) is 49.1 Å². The van der Waals surface area contributed by atoms with Gasteiger partial charge in [-0.15, -0.1) is 0 Å². The molecule has 0 aromatic heterocycles. The van der Waals surface area contributed by atoms with Gasteiger partial charge in [-0.2, -0.15) is 0 Å². The van der Waals surface area contributed by atoms with Crippen LogP contribution < -0.4 is 5.11 Å². The normalized spacial score (nSPS) is 13.4. The quantitative estimate of drug-likeness (QED) is 0.0262. The summed E-state index contributed by atoms with van der Waals surface area (Å²) in [5, 5.41) is 11.6. The number of hydrogen-bond acceptors (Lipinski definition) is 7. The summed E-state index contributed by atoms with van der Waals surface area (Å²) in [4.78, 5) is 36.9. The van der Waals surface area contributed by atoms with E-state index in [1.807, 2.05) is 0 Å². The molecule has 0 aliphatic rings. The highest BCUT2D eigenvalue weighted by molar-refractivity contribution is 5.70. The number of carboxylic acids is 1. The summed E-state index contributed by atoms with van der Waals surface area (Å²) in [5.41, 5.74) is 0. The number of quaternary nitrogens is 1. The maximum atomic E-state index is 12.7. The third-order valence-corrected chi connectivity index (χ3v) is 10.2. The molecule has 0 aliphatic carbocycles. The number of aliphatic carboxylic acids is 1. The molecule has 0 radical (unpaired) electrons. The molecule has 0 aromatic rings. The molecule has 0 saturated carbocycles. The van der Waals surface area contributed by atoms with Gasteiger partial charge in [0.15, 0.2) is 6.10 Å². The van der Waals surface area contributed by atoms with Crippen molar-refractivity contribution in [2.24, 2.45) is 0 Å². The number of carbonyl (C=O) groups excluding carboxylic acids is 3. The van der Waals surface area contributed by atoms with Gasteiger partial charge in [-0.1, -0.05) is 172 Å². The van der Waals surface area contributed by atoms with Crippen LogP contribution in [0.15, 0.2) is 48.6 Å². The minimum atomic E-state index is -1.13. The second-order valence-corrected chi connectivity index (χ2v) is 16.6. The molecule has 0 bridgehead atoms. The fourth-order valence-corrected chi connectivity index (χ4v) is 6.65. The van der Waals surface area contributed by atoms with E-state index in [0.717, 1.165) is 70.6 Å². The Kier molecular flexibility index (Phi) is 38.2. The Morgan fingerprint density at radius 1 is 0.544 bits per heavy atom. The van der Waals surface area contributed by atoms with Gasteiger partial charge in [0.1, 0.15) is 12.6 Å². The Bertz CT molecular complexity index is 1070. The van der Waals surface area contributed by atoms with Crippen LogP contribution in [0.3, 0.4) is 0 Å². The second-order valence-electron chi connectivity index (χ2n) is 16.6. The van der Waals surface area contributed by atoms with Crippen LogP contribution in [0, 0.1) is 0 Å². The molecule has 8 heteroatoms. The molecule has 2 unspecified atom stereocenters. The van der Waals surface area contributed by atoms with E-state index >= 15 is 0 Å². The zero-order valence-electron chi connectivity index (χ0n) is 37.5. The summed E-state index contributed by atoms with van der Waals surface area (Å²) in [6.45, 7) is 4.53. The number of unbranched alkanes of at least 4 members (excludes halogenated alkanes) is 19. The standard InChI is InChI=1S/C49H87NO7/c1-6-8-10-12-14-16-18-20-22-24-26-27-29-31-33-35-37-39-47(51)56-44-45(43-55-42-41-46(49(53)54)50(3,4)5)57-48(52)40-38-36-34-32-30-28-25-23-21-19-17-15-13-11-9-7-2/h9,11,15,17,21,23,28,30,45-46H,6-8,10,12-14,16,18-20,22,24-27,29,31-44H2,1-5H3/b11-9+,17-15+,23-21+,30-28+. The Hall–Kier alpha value is -2.71. The molecule has 330 valence electrons. The maximum absolute atomic E-state index is 12.7. The number of ether oxygens (including phenoxy) is 3. The van der Waals surface area contributed by atoms with Crippen LogP contribution in [0.25, 0.3) is 0 Å².